The summed E-state index contributed by atoms with van der Waals surface area (Å²) in [6.07, 6.45) is 2.15. The van der Waals surface area contributed by atoms with E-state index in [-0.39, 0.29) is 11.9 Å². The fraction of sp³-hybridized carbons (Fsp3) is 0.500. The Balaban J connectivity index is 2.62. The number of nitriles is 1. The SMILES string of the molecule is CNC(C)c1ccc(F)cc1OCCCCC#N. The Hall–Kier alpha value is -1.60. The number of unbranched alkanes of at least 4 members (excludes halogenated alkanes) is 2. The zero-order valence-corrected chi connectivity index (χ0v) is 10.9. The standard InChI is InChI=1S/C14H19FN2O/c1-11(17-2)13-7-6-12(15)10-14(13)18-9-5-3-4-8-16/h6-7,10-11,17H,3-5,9H2,1-2H3. The zero-order chi connectivity index (χ0) is 13.4. The molecule has 0 aromatic heterocycles. The molecule has 0 radical (unpaired) electrons. The lowest BCUT2D eigenvalue weighted by molar-refractivity contribution is 0.300. The molecule has 4 heteroatoms. The molecule has 1 aromatic carbocycles. The van der Waals surface area contributed by atoms with Crippen LogP contribution in [0.2, 0.25) is 0 Å². The lowest BCUT2D eigenvalue weighted by Gasteiger charge is -2.16. The first-order valence-corrected chi connectivity index (χ1v) is 6.15. The van der Waals surface area contributed by atoms with E-state index in [1.807, 2.05) is 14.0 Å². The van der Waals surface area contributed by atoms with Gasteiger partial charge in [0.15, 0.2) is 0 Å². The van der Waals surface area contributed by atoms with Crippen LogP contribution in [0.4, 0.5) is 4.39 Å². The largest absolute Gasteiger partial charge is 0.493 e. The Morgan fingerprint density at radius 3 is 2.89 bits per heavy atom. The summed E-state index contributed by atoms with van der Waals surface area (Å²) < 4.78 is 18.8. The van der Waals surface area contributed by atoms with E-state index in [1.165, 1.54) is 12.1 Å². The second-order valence-corrected chi connectivity index (χ2v) is 4.16. The molecule has 0 aliphatic carbocycles. The normalized spacial score (nSPS) is 11.9. The van der Waals surface area contributed by atoms with E-state index in [0.717, 1.165) is 18.4 Å². The van der Waals surface area contributed by atoms with Gasteiger partial charge in [0, 0.05) is 24.1 Å². The second kappa shape index (κ2) is 7.67. The van der Waals surface area contributed by atoms with Crippen LogP contribution >= 0.6 is 0 Å². The predicted molar refractivity (Wildman–Crippen MR) is 68.8 cm³/mol. The van der Waals surface area contributed by atoms with E-state index in [1.54, 1.807) is 6.07 Å². The number of nitrogens with one attached hydrogen (secondary N) is 1. The molecule has 0 aliphatic heterocycles. The minimum atomic E-state index is -0.297. The number of hydrogen-bond donors (Lipinski definition) is 1. The highest BCUT2D eigenvalue weighted by atomic mass is 19.1. The van der Waals surface area contributed by atoms with Gasteiger partial charge >= 0.3 is 0 Å². The number of benzene rings is 1. The van der Waals surface area contributed by atoms with Gasteiger partial charge in [-0.2, -0.15) is 5.26 Å². The number of hydrogen-bond acceptors (Lipinski definition) is 3. The van der Waals surface area contributed by atoms with E-state index in [2.05, 4.69) is 11.4 Å². The molecule has 0 fully saturated rings. The van der Waals surface area contributed by atoms with Crippen LogP contribution < -0.4 is 10.1 Å². The molecule has 1 rings (SSSR count). The van der Waals surface area contributed by atoms with Crippen LogP contribution in [0.3, 0.4) is 0 Å². The monoisotopic (exact) mass is 250 g/mol. The smallest absolute Gasteiger partial charge is 0.126 e. The van der Waals surface area contributed by atoms with Crippen molar-refractivity contribution in [1.29, 1.82) is 5.26 Å². The van der Waals surface area contributed by atoms with E-state index in [9.17, 15) is 4.39 Å². The topological polar surface area (TPSA) is 45.0 Å². The maximum atomic E-state index is 13.2. The van der Waals surface area contributed by atoms with Gasteiger partial charge in [-0.25, -0.2) is 4.39 Å². The lowest BCUT2D eigenvalue weighted by atomic mass is 10.1. The minimum absolute atomic E-state index is 0.111. The van der Waals surface area contributed by atoms with Crippen LogP contribution in [0.1, 0.15) is 37.8 Å². The maximum absolute atomic E-state index is 13.2. The quantitative estimate of drug-likeness (QED) is 0.756. The Bertz CT molecular complexity index is 415. The van der Waals surface area contributed by atoms with Crippen LogP contribution in [0.15, 0.2) is 18.2 Å². The summed E-state index contributed by atoms with van der Waals surface area (Å²) in [6, 6.07) is 6.78. The molecule has 1 N–H and O–H groups in total. The third-order valence-electron chi connectivity index (χ3n) is 2.82. The fourth-order valence-corrected chi connectivity index (χ4v) is 1.63. The molecular formula is C14H19FN2O. The maximum Gasteiger partial charge on any atom is 0.126 e. The van der Waals surface area contributed by atoms with E-state index in [4.69, 9.17) is 10.00 Å². The molecule has 0 spiro atoms. The highest BCUT2D eigenvalue weighted by molar-refractivity contribution is 5.36. The van der Waals surface area contributed by atoms with Crippen molar-refractivity contribution >= 4 is 0 Å². The van der Waals surface area contributed by atoms with E-state index < -0.39 is 0 Å². The van der Waals surface area contributed by atoms with Crippen LogP contribution in [0, 0.1) is 17.1 Å². The number of rotatable bonds is 7. The number of ether oxygens (including phenoxy) is 1. The van der Waals surface area contributed by atoms with Gasteiger partial charge in [0.05, 0.1) is 12.7 Å². The Morgan fingerprint density at radius 2 is 2.22 bits per heavy atom. The van der Waals surface area contributed by atoms with Crippen molar-refractivity contribution in [3.05, 3.63) is 29.6 Å². The van der Waals surface area contributed by atoms with Gasteiger partial charge in [-0.3, -0.25) is 0 Å². The van der Waals surface area contributed by atoms with Gasteiger partial charge in [0.1, 0.15) is 11.6 Å². The summed E-state index contributed by atoms with van der Waals surface area (Å²) in [5.41, 5.74) is 0.944. The molecule has 1 aromatic rings. The van der Waals surface area contributed by atoms with E-state index >= 15 is 0 Å². The van der Waals surface area contributed by atoms with Gasteiger partial charge in [-0.05, 0) is 32.9 Å². The summed E-state index contributed by atoms with van der Waals surface area (Å²) in [4.78, 5) is 0. The Labute approximate surface area is 108 Å². The molecule has 18 heavy (non-hydrogen) atoms. The second-order valence-electron chi connectivity index (χ2n) is 4.16. The predicted octanol–water partition coefficient (Wildman–Crippen LogP) is 3.18. The fourth-order valence-electron chi connectivity index (χ4n) is 1.63. The third kappa shape index (κ3) is 4.34. The molecule has 0 aliphatic rings. The van der Waals surface area contributed by atoms with E-state index in [0.29, 0.717) is 18.8 Å². The van der Waals surface area contributed by atoms with Gasteiger partial charge in [-0.1, -0.05) is 6.07 Å². The molecule has 0 bridgehead atoms. The molecule has 0 amide bonds. The molecular weight excluding hydrogens is 231 g/mol. The molecule has 0 saturated carbocycles. The van der Waals surface area contributed by atoms with Crippen molar-refractivity contribution in [2.75, 3.05) is 13.7 Å². The highest BCUT2D eigenvalue weighted by Gasteiger charge is 2.11. The summed E-state index contributed by atoms with van der Waals surface area (Å²) in [7, 11) is 1.85. The average Bonchev–Trinajstić information content (AvgIpc) is 2.38. The lowest BCUT2D eigenvalue weighted by Crippen LogP contribution is -2.14. The summed E-state index contributed by atoms with van der Waals surface area (Å²) in [5, 5.41) is 11.5. The Kier molecular flexibility index (Phi) is 6.16. The summed E-state index contributed by atoms with van der Waals surface area (Å²) >= 11 is 0. The zero-order valence-electron chi connectivity index (χ0n) is 10.9. The van der Waals surface area contributed by atoms with Crippen LogP contribution in [-0.4, -0.2) is 13.7 Å². The van der Waals surface area contributed by atoms with Crippen molar-refractivity contribution in [1.82, 2.24) is 5.32 Å². The van der Waals surface area contributed by atoms with Gasteiger partial charge in [0.25, 0.3) is 0 Å². The van der Waals surface area contributed by atoms with Crippen molar-refractivity contribution in [3.8, 4) is 11.8 Å². The van der Waals surface area contributed by atoms with Crippen molar-refractivity contribution in [2.24, 2.45) is 0 Å². The van der Waals surface area contributed by atoms with Gasteiger partial charge < -0.3 is 10.1 Å². The molecule has 98 valence electrons. The van der Waals surface area contributed by atoms with Crippen LogP contribution in [0.25, 0.3) is 0 Å². The number of halogens is 1. The molecule has 0 heterocycles. The number of nitrogens with zero attached hydrogens (tertiary/aromatic N) is 1. The molecule has 1 atom stereocenters. The van der Waals surface area contributed by atoms with Gasteiger partial charge in [-0.15, -0.1) is 0 Å². The van der Waals surface area contributed by atoms with Crippen molar-refractivity contribution in [3.63, 3.8) is 0 Å². The van der Waals surface area contributed by atoms with Crippen LogP contribution in [-0.2, 0) is 0 Å². The summed E-state index contributed by atoms with van der Waals surface area (Å²) in [6.45, 7) is 2.50. The third-order valence-corrected chi connectivity index (χ3v) is 2.82. The van der Waals surface area contributed by atoms with Crippen LogP contribution in [0.5, 0.6) is 5.75 Å². The first-order chi connectivity index (χ1) is 8.69. The molecule has 1 unspecified atom stereocenters. The first-order valence-electron chi connectivity index (χ1n) is 6.15. The average molecular weight is 250 g/mol. The van der Waals surface area contributed by atoms with Crippen molar-refractivity contribution in [2.45, 2.75) is 32.2 Å². The van der Waals surface area contributed by atoms with Gasteiger partial charge in [0.2, 0.25) is 0 Å². The Morgan fingerprint density at radius 1 is 1.44 bits per heavy atom. The van der Waals surface area contributed by atoms with Crippen molar-refractivity contribution < 1.29 is 9.13 Å². The highest BCUT2D eigenvalue weighted by Crippen LogP contribution is 2.26. The molecule has 0 saturated heterocycles. The first kappa shape index (κ1) is 14.5. The summed E-state index contributed by atoms with van der Waals surface area (Å²) in [5.74, 6) is 0.280. The molecule has 3 nitrogen and oxygen atoms in total. The minimum Gasteiger partial charge on any atom is -0.493 e.